The van der Waals surface area contributed by atoms with Crippen LogP contribution in [-0.4, -0.2) is 25.3 Å². The van der Waals surface area contributed by atoms with Crippen molar-refractivity contribution >= 4 is 0 Å². The predicted octanol–water partition coefficient (Wildman–Crippen LogP) is 3.46. The van der Waals surface area contributed by atoms with Gasteiger partial charge < -0.3 is 4.74 Å². The third-order valence-corrected chi connectivity index (χ3v) is 4.11. The molecule has 4 rings (SSSR count). The molecule has 0 atom stereocenters. The fraction of sp³-hybridized carbons (Fsp3) is 0.278. The maximum Gasteiger partial charge on any atom is 0.141 e. The number of nitrogens with zero attached hydrogens (tertiary/aromatic N) is 4. The summed E-state index contributed by atoms with van der Waals surface area (Å²) >= 11 is 0. The molecule has 0 saturated heterocycles. The highest BCUT2D eigenvalue weighted by molar-refractivity contribution is 5.81. The van der Waals surface area contributed by atoms with Gasteiger partial charge in [0.25, 0.3) is 0 Å². The van der Waals surface area contributed by atoms with Crippen LogP contribution in [0.25, 0.3) is 22.5 Å². The summed E-state index contributed by atoms with van der Waals surface area (Å²) in [5, 5.41) is 4.75. The SMILES string of the molecule is CC1(C)Cn2nc(-c3ccc(F)cn3)c(-c3cccnc3)c2CO1. The first-order chi connectivity index (χ1) is 11.5. The van der Waals surface area contributed by atoms with Crippen molar-refractivity contribution in [1.29, 1.82) is 0 Å². The number of aromatic nitrogens is 4. The van der Waals surface area contributed by atoms with Gasteiger partial charge in [-0.05, 0) is 32.0 Å². The number of ether oxygens (including phenoxy) is 1. The Bertz CT molecular complexity index is 872. The average Bonchev–Trinajstić information content (AvgIpc) is 2.93. The van der Waals surface area contributed by atoms with Crippen LogP contribution in [0.1, 0.15) is 19.5 Å². The van der Waals surface area contributed by atoms with E-state index < -0.39 is 0 Å². The molecule has 0 fully saturated rings. The van der Waals surface area contributed by atoms with E-state index in [1.807, 2.05) is 30.7 Å². The van der Waals surface area contributed by atoms with Crippen molar-refractivity contribution in [2.24, 2.45) is 0 Å². The molecule has 3 aromatic heterocycles. The molecule has 4 heterocycles. The molecule has 0 N–H and O–H groups in total. The first-order valence-corrected chi connectivity index (χ1v) is 7.79. The lowest BCUT2D eigenvalue weighted by atomic mass is 10.0. The first-order valence-electron chi connectivity index (χ1n) is 7.79. The molecule has 1 aliphatic rings. The molecule has 3 aromatic rings. The van der Waals surface area contributed by atoms with Crippen molar-refractivity contribution < 1.29 is 9.13 Å². The minimum atomic E-state index is -0.366. The van der Waals surface area contributed by atoms with Crippen molar-refractivity contribution in [3.05, 3.63) is 54.4 Å². The molecule has 0 bridgehead atoms. The summed E-state index contributed by atoms with van der Waals surface area (Å²) in [5.74, 6) is -0.366. The average molecular weight is 324 g/mol. The molecule has 0 saturated carbocycles. The number of pyridine rings is 2. The van der Waals surface area contributed by atoms with E-state index in [0.29, 0.717) is 18.8 Å². The highest BCUT2D eigenvalue weighted by Crippen LogP contribution is 2.37. The number of hydrogen-bond acceptors (Lipinski definition) is 4. The maximum atomic E-state index is 13.2. The van der Waals surface area contributed by atoms with Crippen LogP contribution in [0.5, 0.6) is 0 Å². The van der Waals surface area contributed by atoms with Crippen molar-refractivity contribution in [1.82, 2.24) is 19.7 Å². The van der Waals surface area contributed by atoms with E-state index in [2.05, 4.69) is 9.97 Å². The summed E-state index contributed by atoms with van der Waals surface area (Å²) in [6, 6.07) is 6.91. The zero-order valence-electron chi connectivity index (χ0n) is 13.5. The van der Waals surface area contributed by atoms with E-state index in [4.69, 9.17) is 9.84 Å². The zero-order chi connectivity index (χ0) is 16.7. The second-order valence-corrected chi connectivity index (χ2v) is 6.48. The highest BCUT2D eigenvalue weighted by Gasteiger charge is 2.31. The Morgan fingerprint density at radius 3 is 2.79 bits per heavy atom. The molecule has 0 aromatic carbocycles. The summed E-state index contributed by atoms with van der Waals surface area (Å²) < 4.78 is 21.2. The molecule has 6 heteroatoms. The third kappa shape index (κ3) is 2.59. The number of hydrogen-bond donors (Lipinski definition) is 0. The van der Waals surface area contributed by atoms with Crippen LogP contribution in [0.4, 0.5) is 4.39 Å². The zero-order valence-corrected chi connectivity index (χ0v) is 13.5. The van der Waals surface area contributed by atoms with Gasteiger partial charge in [0.05, 0.1) is 36.3 Å². The van der Waals surface area contributed by atoms with E-state index >= 15 is 0 Å². The maximum absolute atomic E-state index is 13.2. The predicted molar refractivity (Wildman–Crippen MR) is 87.5 cm³/mol. The van der Waals surface area contributed by atoms with Crippen LogP contribution in [-0.2, 0) is 17.9 Å². The Kier molecular flexibility index (Phi) is 3.42. The number of fused-ring (bicyclic) bond motifs is 1. The summed E-state index contributed by atoms with van der Waals surface area (Å²) in [6.45, 7) is 5.19. The molecular formula is C18H17FN4O. The van der Waals surface area contributed by atoms with Gasteiger partial charge in [0.15, 0.2) is 0 Å². The van der Waals surface area contributed by atoms with Gasteiger partial charge in [-0.3, -0.25) is 14.6 Å². The molecule has 0 amide bonds. The second-order valence-electron chi connectivity index (χ2n) is 6.48. The molecule has 1 aliphatic heterocycles. The standard InChI is InChI=1S/C18H17FN4O/c1-18(2)11-23-15(10-24-18)16(12-4-3-7-20-8-12)17(22-23)14-6-5-13(19)9-21-14/h3-9H,10-11H2,1-2H3. The molecule has 5 nitrogen and oxygen atoms in total. The van der Waals surface area contributed by atoms with Gasteiger partial charge in [-0.15, -0.1) is 0 Å². The van der Waals surface area contributed by atoms with E-state index in [1.54, 1.807) is 18.5 Å². The summed E-state index contributed by atoms with van der Waals surface area (Å²) in [4.78, 5) is 8.41. The van der Waals surface area contributed by atoms with Gasteiger partial charge >= 0.3 is 0 Å². The van der Waals surface area contributed by atoms with Gasteiger partial charge in [0.2, 0.25) is 0 Å². The molecule has 122 valence electrons. The Labute approximate surface area is 139 Å². The minimum absolute atomic E-state index is 0.279. The van der Waals surface area contributed by atoms with E-state index in [1.165, 1.54) is 12.3 Å². The lowest BCUT2D eigenvalue weighted by molar-refractivity contribution is -0.0657. The van der Waals surface area contributed by atoms with Crippen molar-refractivity contribution in [2.45, 2.75) is 32.6 Å². The molecular weight excluding hydrogens is 307 g/mol. The Hall–Kier alpha value is -2.60. The summed E-state index contributed by atoms with van der Waals surface area (Å²) in [6.07, 6.45) is 4.74. The van der Waals surface area contributed by atoms with Crippen LogP contribution in [0.15, 0.2) is 42.9 Å². The van der Waals surface area contributed by atoms with Crippen molar-refractivity contribution in [3.63, 3.8) is 0 Å². The third-order valence-electron chi connectivity index (χ3n) is 4.11. The Balaban J connectivity index is 1.93. The van der Waals surface area contributed by atoms with Crippen LogP contribution < -0.4 is 0 Å². The first kappa shape index (κ1) is 15.0. The fourth-order valence-electron chi connectivity index (χ4n) is 2.95. The lowest BCUT2D eigenvalue weighted by Gasteiger charge is -2.31. The van der Waals surface area contributed by atoms with Crippen LogP contribution >= 0.6 is 0 Å². The number of rotatable bonds is 2. The topological polar surface area (TPSA) is 52.8 Å². The van der Waals surface area contributed by atoms with E-state index in [-0.39, 0.29) is 11.4 Å². The molecule has 0 unspecified atom stereocenters. The van der Waals surface area contributed by atoms with Crippen LogP contribution in [0.3, 0.4) is 0 Å². The molecule has 0 aliphatic carbocycles. The van der Waals surface area contributed by atoms with Crippen molar-refractivity contribution in [3.8, 4) is 22.5 Å². The Morgan fingerprint density at radius 2 is 2.08 bits per heavy atom. The second kappa shape index (κ2) is 5.49. The quantitative estimate of drug-likeness (QED) is 0.724. The largest absolute Gasteiger partial charge is 0.367 e. The van der Waals surface area contributed by atoms with Gasteiger partial charge in [0.1, 0.15) is 11.5 Å². The normalized spacial score (nSPS) is 16.0. The molecule has 0 radical (unpaired) electrons. The van der Waals surface area contributed by atoms with E-state index in [0.717, 1.165) is 22.5 Å². The van der Waals surface area contributed by atoms with Gasteiger partial charge in [0, 0.05) is 23.5 Å². The van der Waals surface area contributed by atoms with Gasteiger partial charge in [-0.25, -0.2) is 4.39 Å². The van der Waals surface area contributed by atoms with Gasteiger partial charge in [-0.2, -0.15) is 5.10 Å². The molecule has 24 heavy (non-hydrogen) atoms. The van der Waals surface area contributed by atoms with Crippen LogP contribution in [0, 0.1) is 5.82 Å². The number of halogens is 1. The van der Waals surface area contributed by atoms with Crippen molar-refractivity contribution in [2.75, 3.05) is 0 Å². The Morgan fingerprint density at radius 1 is 1.21 bits per heavy atom. The summed E-state index contributed by atoms with van der Waals surface area (Å²) in [5.41, 5.74) is 3.96. The summed E-state index contributed by atoms with van der Waals surface area (Å²) in [7, 11) is 0. The molecule has 0 spiro atoms. The van der Waals surface area contributed by atoms with Crippen LogP contribution in [0.2, 0.25) is 0 Å². The lowest BCUT2D eigenvalue weighted by Crippen LogP contribution is -2.36. The monoisotopic (exact) mass is 324 g/mol. The fourth-order valence-corrected chi connectivity index (χ4v) is 2.95. The minimum Gasteiger partial charge on any atom is -0.367 e. The highest BCUT2D eigenvalue weighted by atomic mass is 19.1. The van der Waals surface area contributed by atoms with Gasteiger partial charge in [-0.1, -0.05) is 6.07 Å². The van der Waals surface area contributed by atoms with E-state index in [9.17, 15) is 4.39 Å². The smallest absolute Gasteiger partial charge is 0.141 e.